The summed E-state index contributed by atoms with van der Waals surface area (Å²) >= 11 is 16.5. The predicted molar refractivity (Wildman–Crippen MR) is 99.0 cm³/mol. The minimum atomic E-state index is -1.08. The quantitative estimate of drug-likeness (QED) is 0.349. The Morgan fingerprint density at radius 1 is 1.04 bits per heavy atom. The third kappa shape index (κ3) is 3.33. The van der Waals surface area contributed by atoms with E-state index in [1.807, 2.05) is 0 Å². The Morgan fingerprint density at radius 2 is 1.69 bits per heavy atom. The molecule has 3 rings (SSSR count). The Morgan fingerprint density at radius 3 is 2.35 bits per heavy atom. The van der Waals surface area contributed by atoms with E-state index in [0.717, 1.165) is 23.1 Å². The van der Waals surface area contributed by atoms with Crippen molar-refractivity contribution in [1.29, 1.82) is 0 Å². The molecule has 9 heteroatoms. The number of benzene rings is 2. The second kappa shape index (κ2) is 7.11. The summed E-state index contributed by atoms with van der Waals surface area (Å²) in [4.78, 5) is 25.9. The maximum atomic E-state index is 14.1. The van der Waals surface area contributed by atoms with Crippen molar-refractivity contribution in [1.82, 2.24) is 5.32 Å². The number of halogens is 4. The van der Waals surface area contributed by atoms with Gasteiger partial charge in [-0.1, -0.05) is 23.2 Å². The van der Waals surface area contributed by atoms with E-state index >= 15 is 0 Å². The van der Waals surface area contributed by atoms with Crippen LogP contribution in [0.15, 0.2) is 42.0 Å². The highest BCUT2D eigenvalue weighted by Gasteiger charge is 2.35. The molecule has 0 unspecified atom stereocenters. The largest absolute Gasteiger partial charge is 0.298 e. The lowest BCUT2D eigenvalue weighted by Crippen LogP contribution is -2.54. The molecule has 0 atom stereocenters. The van der Waals surface area contributed by atoms with Gasteiger partial charge in [-0.25, -0.2) is 8.78 Å². The van der Waals surface area contributed by atoms with Crippen LogP contribution < -0.4 is 10.2 Å². The van der Waals surface area contributed by atoms with Crippen LogP contribution in [-0.2, 0) is 9.59 Å². The van der Waals surface area contributed by atoms with Crippen molar-refractivity contribution >= 4 is 64.1 Å². The molecule has 1 saturated heterocycles. The highest BCUT2D eigenvalue weighted by Crippen LogP contribution is 2.27. The highest BCUT2D eigenvalue weighted by molar-refractivity contribution is 7.80. The smallest absolute Gasteiger partial charge is 0.270 e. The van der Waals surface area contributed by atoms with E-state index in [1.54, 1.807) is 0 Å². The summed E-state index contributed by atoms with van der Waals surface area (Å²) in [6.07, 6.45) is 0.804. The number of nitrogens with one attached hydrogen (secondary N) is 1. The van der Waals surface area contributed by atoms with E-state index in [4.69, 9.17) is 35.4 Å². The Labute approximate surface area is 162 Å². The molecule has 1 fully saturated rings. The zero-order valence-electron chi connectivity index (χ0n) is 12.7. The molecule has 0 aromatic heterocycles. The Hall–Kier alpha value is -2.35. The average Bonchev–Trinajstić information content (AvgIpc) is 2.59. The molecule has 26 heavy (non-hydrogen) atoms. The van der Waals surface area contributed by atoms with Crippen molar-refractivity contribution in [2.24, 2.45) is 0 Å². The van der Waals surface area contributed by atoms with E-state index in [1.165, 1.54) is 24.3 Å². The van der Waals surface area contributed by atoms with Crippen molar-refractivity contribution in [2.45, 2.75) is 0 Å². The van der Waals surface area contributed by atoms with E-state index in [2.05, 4.69) is 5.32 Å². The monoisotopic (exact) mass is 412 g/mol. The van der Waals surface area contributed by atoms with Gasteiger partial charge in [0.25, 0.3) is 11.8 Å². The summed E-state index contributed by atoms with van der Waals surface area (Å²) in [5, 5.41) is 2.25. The molecule has 2 amide bonds. The molecule has 0 aliphatic carbocycles. The zero-order chi connectivity index (χ0) is 19.0. The topological polar surface area (TPSA) is 49.4 Å². The minimum Gasteiger partial charge on any atom is -0.298 e. The van der Waals surface area contributed by atoms with Gasteiger partial charge in [0, 0.05) is 10.6 Å². The number of carbonyl (C=O) groups excluding carboxylic acids is 2. The third-order valence-electron chi connectivity index (χ3n) is 3.55. The van der Waals surface area contributed by atoms with Crippen LogP contribution in [0.2, 0.25) is 10.0 Å². The Kier molecular flexibility index (Phi) is 5.04. The van der Waals surface area contributed by atoms with Crippen LogP contribution >= 0.6 is 35.4 Å². The molecular weight excluding hydrogens is 405 g/mol. The SMILES string of the molecule is O=C1NC(=S)N(c2ccc(Cl)cc2)C(=O)C1=Cc1c(F)ccc(Cl)c1F. The van der Waals surface area contributed by atoms with E-state index in [-0.39, 0.29) is 10.1 Å². The summed E-state index contributed by atoms with van der Waals surface area (Å²) in [5.41, 5.74) is -0.754. The maximum absolute atomic E-state index is 14.1. The standard InChI is InChI=1S/C17H8Cl2F2N2O2S/c18-8-1-3-9(4-2-8)23-16(25)11(15(24)22-17(23)26)7-10-13(20)6-5-12(19)14(10)21/h1-7H,(H,22,24,26). The lowest BCUT2D eigenvalue weighted by molar-refractivity contribution is -0.122. The van der Waals surface area contributed by atoms with Gasteiger partial charge >= 0.3 is 0 Å². The van der Waals surface area contributed by atoms with E-state index < -0.39 is 34.6 Å². The van der Waals surface area contributed by atoms with Gasteiger partial charge in [-0.15, -0.1) is 0 Å². The molecule has 0 radical (unpaired) electrons. The molecule has 1 heterocycles. The number of rotatable bonds is 2. The molecule has 0 spiro atoms. The van der Waals surface area contributed by atoms with Crippen LogP contribution in [0, 0.1) is 11.6 Å². The molecule has 4 nitrogen and oxygen atoms in total. The van der Waals surface area contributed by atoms with Gasteiger partial charge in [-0.3, -0.25) is 19.8 Å². The zero-order valence-corrected chi connectivity index (χ0v) is 15.1. The van der Waals surface area contributed by atoms with Gasteiger partial charge in [0.05, 0.1) is 10.7 Å². The van der Waals surface area contributed by atoms with Crippen LogP contribution in [0.3, 0.4) is 0 Å². The van der Waals surface area contributed by atoms with Crippen molar-refractivity contribution in [2.75, 3.05) is 4.90 Å². The summed E-state index contributed by atoms with van der Waals surface area (Å²) in [6, 6.07) is 8.06. The molecule has 0 saturated carbocycles. The van der Waals surface area contributed by atoms with E-state index in [0.29, 0.717) is 10.7 Å². The number of nitrogens with zero attached hydrogens (tertiary/aromatic N) is 1. The van der Waals surface area contributed by atoms with Crippen LogP contribution in [0.1, 0.15) is 5.56 Å². The first-order chi connectivity index (χ1) is 12.3. The summed E-state index contributed by atoms with van der Waals surface area (Å²) in [7, 11) is 0. The number of hydrogen-bond donors (Lipinski definition) is 1. The van der Waals surface area contributed by atoms with Crippen molar-refractivity contribution in [3.05, 3.63) is 69.2 Å². The maximum Gasteiger partial charge on any atom is 0.270 e. The summed E-state index contributed by atoms with van der Waals surface area (Å²) in [5.74, 6) is -3.75. The molecule has 132 valence electrons. The lowest BCUT2D eigenvalue weighted by atomic mass is 10.1. The first kappa shape index (κ1) is 18.4. The van der Waals surface area contributed by atoms with Crippen LogP contribution in [0.5, 0.6) is 0 Å². The molecule has 2 aromatic carbocycles. The van der Waals surface area contributed by atoms with Gasteiger partial charge in [-0.2, -0.15) is 0 Å². The molecule has 1 aliphatic heterocycles. The van der Waals surface area contributed by atoms with Gasteiger partial charge in [0.1, 0.15) is 11.4 Å². The number of carbonyl (C=O) groups is 2. The first-order valence-electron chi connectivity index (χ1n) is 7.10. The lowest BCUT2D eigenvalue weighted by Gasteiger charge is -2.29. The predicted octanol–water partition coefficient (Wildman–Crippen LogP) is 4.10. The molecule has 1 N–H and O–H groups in total. The van der Waals surface area contributed by atoms with Gasteiger partial charge in [-0.05, 0) is 54.7 Å². The second-order valence-electron chi connectivity index (χ2n) is 5.19. The normalized spacial score (nSPS) is 16.2. The number of anilines is 1. The van der Waals surface area contributed by atoms with Gasteiger partial charge in [0.2, 0.25) is 0 Å². The average molecular weight is 413 g/mol. The fraction of sp³-hybridized carbons (Fsp3) is 0. The Bertz CT molecular complexity index is 977. The minimum absolute atomic E-state index is 0.161. The molecule has 1 aliphatic rings. The summed E-state index contributed by atoms with van der Waals surface area (Å²) in [6.45, 7) is 0. The van der Waals surface area contributed by atoms with Crippen molar-refractivity contribution in [3.63, 3.8) is 0 Å². The van der Waals surface area contributed by atoms with Crippen molar-refractivity contribution < 1.29 is 18.4 Å². The van der Waals surface area contributed by atoms with Crippen LogP contribution in [0.25, 0.3) is 6.08 Å². The first-order valence-corrected chi connectivity index (χ1v) is 8.26. The van der Waals surface area contributed by atoms with E-state index in [9.17, 15) is 18.4 Å². The third-order valence-corrected chi connectivity index (χ3v) is 4.38. The fourth-order valence-electron chi connectivity index (χ4n) is 2.30. The van der Waals surface area contributed by atoms with Gasteiger partial charge < -0.3 is 0 Å². The van der Waals surface area contributed by atoms with Crippen LogP contribution in [-0.4, -0.2) is 16.9 Å². The van der Waals surface area contributed by atoms with Gasteiger partial charge in [0.15, 0.2) is 10.9 Å². The summed E-state index contributed by atoms with van der Waals surface area (Å²) < 4.78 is 28.0. The number of amides is 2. The highest BCUT2D eigenvalue weighted by atomic mass is 35.5. The fourth-order valence-corrected chi connectivity index (χ4v) is 2.87. The Balaban J connectivity index is 2.09. The van der Waals surface area contributed by atoms with Crippen molar-refractivity contribution in [3.8, 4) is 0 Å². The second-order valence-corrected chi connectivity index (χ2v) is 6.42. The van der Waals surface area contributed by atoms with Crippen LogP contribution in [0.4, 0.5) is 14.5 Å². The molecular formula is C17H8Cl2F2N2O2S. The molecule has 0 bridgehead atoms. The molecule has 2 aromatic rings. The number of hydrogen-bond acceptors (Lipinski definition) is 3. The number of thiocarbonyl (C=S) groups is 1.